The molecule has 12 heteroatoms. The average molecular weight is 900 g/mol. The minimum absolute atomic E-state index is 0.161. The number of esters is 2. The van der Waals surface area contributed by atoms with E-state index >= 15 is 0 Å². The number of ether oxygens (including phenoxy) is 2. The lowest BCUT2D eigenvalue weighted by Gasteiger charge is -2.20. The Labute approximate surface area is 379 Å². The smallest absolute Gasteiger partial charge is 0.472 e. The molecular weight excluding hydrogens is 806 g/mol. The van der Waals surface area contributed by atoms with Gasteiger partial charge in [-0.05, 0) is 64.2 Å². The van der Waals surface area contributed by atoms with Gasteiger partial charge in [-0.2, -0.15) is 0 Å². The van der Waals surface area contributed by atoms with Crippen molar-refractivity contribution in [2.24, 2.45) is 5.73 Å². The number of phosphoric ester groups is 1. The molecule has 364 valence electrons. The highest BCUT2D eigenvalue weighted by molar-refractivity contribution is 7.47. The predicted octanol–water partition coefficient (Wildman–Crippen LogP) is 14.2. The van der Waals surface area contributed by atoms with Gasteiger partial charge in [-0.1, -0.05) is 192 Å². The number of aliphatic carboxylic acids is 1. The molecule has 0 radical (unpaired) electrons. The van der Waals surface area contributed by atoms with Crippen molar-refractivity contribution in [3.63, 3.8) is 0 Å². The molecule has 0 rings (SSSR count). The fraction of sp³-hybridized carbons (Fsp3) is 0.860. The van der Waals surface area contributed by atoms with E-state index < -0.39 is 51.1 Å². The summed E-state index contributed by atoms with van der Waals surface area (Å²) in [5.74, 6) is -2.37. The van der Waals surface area contributed by atoms with Gasteiger partial charge in [0.2, 0.25) is 0 Å². The lowest BCUT2D eigenvalue weighted by atomic mass is 10.0. The van der Waals surface area contributed by atoms with Crippen molar-refractivity contribution < 1.29 is 47.5 Å². The quantitative estimate of drug-likeness (QED) is 0.0230. The van der Waals surface area contributed by atoms with Gasteiger partial charge in [0.05, 0.1) is 13.2 Å². The first-order valence-electron chi connectivity index (χ1n) is 25.4. The van der Waals surface area contributed by atoms with Gasteiger partial charge in [-0.25, -0.2) is 4.57 Å². The maximum atomic E-state index is 12.7. The maximum absolute atomic E-state index is 12.7. The lowest BCUT2D eigenvalue weighted by Crippen LogP contribution is -2.34. The number of hydrogen-bond donors (Lipinski definition) is 3. The molecule has 0 saturated carbocycles. The Morgan fingerprint density at radius 2 is 0.806 bits per heavy atom. The fourth-order valence-electron chi connectivity index (χ4n) is 7.17. The Hall–Kier alpha value is -2.04. The summed E-state index contributed by atoms with van der Waals surface area (Å²) >= 11 is 0. The van der Waals surface area contributed by atoms with E-state index in [0.717, 1.165) is 38.5 Å². The Morgan fingerprint density at radius 1 is 0.484 bits per heavy atom. The second kappa shape index (κ2) is 45.5. The first-order chi connectivity index (χ1) is 30.1. The Morgan fingerprint density at radius 3 is 1.19 bits per heavy atom. The van der Waals surface area contributed by atoms with Crippen molar-refractivity contribution in [3.05, 3.63) is 24.3 Å². The zero-order chi connectivity index (χ0) is 45.6. The molecule has 11 nitrogen and oxygen atoms in total. The van der Waals surface area contributed by atoms with Crippen LogP contribution in [0.1, 0.15) is 245 Å². The van der Waals surface area contributed by atoms with Crippen LogP contribution in [0.2, 0.25) is 0 Å². The molecule has 0 fully saturated rings. The van der Waals surface area contributed by atoms with Gasteiger partial charge in [0.15, 0.2) is 6.10 Å². The number of phosphoric acid groups is 1. The molecule has 0 aliphatic heterocycles. The summed E-state index contributed by atoms with van der Waals surface area (Å²) < 4.78 is 32.8. The summed E-state index contributed by atoms with van der Waals surface area (Å²) in [4.78, 5) is 46.2. The topological polar surface area (TPSA) is 172 Å². The van der Waals surface area contributed by atoms with Gasteiger partial charge in [-0.15, -0.1) is 0 Å². The van der Waals surface area contributed by atoms with Crippen LogP contribution in [0.4, 0.5) is 0 Å². The van der Waals surface area contributed by atoms with Gasteiger partial charge in [0.1, 0.15) is 12.6 Å². The molecule has 62 heavy (non-hydrogen) atoms. The van der Waals surface area contributed by atoms with Crippen molar-refractivity contribution in [2.75, 3.05) is 19.8 Å². The zero-order valence-corrected chi connectivity index (χ0v) is 40.6. The van der Waals surface area contributed by atoms with Crippen LogP contribution >= 0.6 is 7.82 Å². The standard InChI is InChI=1S/C50H94NO10P/c1-3-5-7-9-11-13-15-17-19-21-22-23-24-26-27-29-31-33-35-37-39-41-48(52)58-43-46(44-59-62(56,57)60-45-47(51)50(54)55)61-49(53)42-40-38-36-34-32-30-28-25-20-18-16-14-12-10-8-6-4-2/h14,16-17,19,46-47H,3-13,15,18,20-45,51H2,1-2H3,(H,54,55)(H,56,57)/b16-14+,19-17+/t46-,47+/m1/s1. The van der Waals surface area contributed by atoms with Crippen LogP contribution in [-0.2, 0) is 37.5 Å². The third kappa shape index (κ3) is 44.6. The van der Waals surface area contributed by atoms with Crippen LogP contribution in [0.5, 0.6) is 0 Å². The number of carboxylic acids is 1. The van der Waals surface area contributed by atoms with E-state index in [9.17, 15) is 23.8 Å². The van der Waals surface area contributed by atoms with Gasteiger partial charge < -0.3 is 25.2 Å². The van der Waals surface area contributed by atoms with Crippen LogP contribution in [0, 0.1) is 0 Å². The molecule has 0 amide bonds. The molecule has 0 aromatic carbocycles. The molecule has 0 saturated heterocycles. The van der Waals surface area contributed by atoms with E-state index in [1.165, 1.54) is 167 Å². The SMILES string of the molecule is CCCCCC/C=C/CCCCCCCCCCCC(=O)O[C@H](COC(=O)CCCCCCCCCCCCC/C=C/CCCCCCCC)COP(=O)(O)OC[C@H](N)C(=O)O. The zero-order valence-electron chi connectivity index (χ0n) is 39.7. The normalized spacial score (nSPS) is 13.7. The van der Waals surface area contributed by atoms with Crippen molar-refractivity contribution >= 4 is 25.7 Å². The van der Waals surface area contributed by atoms with Crippen molar-refractivity contribution in [1.82, 2.24) is 0 Å². The Bertz CT molecular complexity index is 1150. The van der Waals surface area contributed by atoms with Crippen LogP contribution in [0.15, 0.2) is 24.3 Å². The van der Waals surface area contributed by atoms with E-state index in [1.54, 1.807) is 0 Å². The number of rotatable bonds is 48. The van der Waals surface area contributed by atoms with E-state index in [-0.39, 0.29) is 19.4 Å². The molecule has 0 bridgehead atoms. The fourth-order valence-corrected chi connectivity index (χ4v) is 7.95. The van der Waals surface area contributed by atoms with Crippen LogP contribution in [0.3, 0.4) is 0 Å². The number of nitrogens with two attached hydrogens (primary N) is 1. The summed E-state index contributed by atoms with van der Waals surface area (Å²) in [5.41, 5.74) is 5.35. The maximum Gasteiger partial charge on any atom is 0.472 e. The number of allylic oxidation sites excluding steroid dienone is 4. The van der Waals surface area contributed by atoms with Gasteiger partial charge in [0, 0.05) is 12.8 Å². The highest BCUT2D eigenvalue weighted by Crippen LogP contribution is 2.43. The van der Waals surface area contributed by atoms with Gasteiger partial charge in [0.25, 0.3) is 0 Å². The molecule has 0 aliphatic rings. The molecule has 3 atom stereocenters. The van der Waals surface area contributed by atoms with E-state index in [0.29, 0.717) is 12.8 Å². The largest absolute Gasteiger partial charge is 0.480 e. The summed E-state index contributed by atoms with van der Waals surface area (Å²) in [6.45, 7) is 2.82. The minimum atomic E-state index is -4.72. The Balaban J connectivity index is 4.22. The third-order valence-corrected chi connectivity index (χ3v) is 12.1. The van der Waals surface area contributed by atoms with E-state index in [1.807, 2.05) is 0 Å². The van der Waals surface area contributed by atoms with Crippen LogP contribution in [-0.4, -0.2) is 59.9 Å². The summed E-state index contributed by atoms with van der Waals surface area (Å²) in [7, 11) is -4.72. The first kappa shape index (κ1) is 60.0. The molecule has 0 aromatic heterocycles. The predicted molar refractivity (Wildman–Crippen MR) is 254 cm³/mol. The van der Waals surface area contributed by atoms with Gasteiger partial charge >= 0.3 is 25.7 Å². The first-order valence-corrected chi connectivity index (χ1v) is 26.9. The molecule has 0 spiro atoms. The third-order valence-electron chi connectivity index (χ3n) is 11.2. The number of carboxylic acid groups (broad SMARTS) is 1. The highest BCUT2D eigenvalue weighted by atomic mass is 31.2. The summed E-state index contributed by atoms with van der Waals surface area (Å²) in [6.07, 6.45) is 49.5. The number of carbonyl (C=O) groups excluding carboxylic acids is 2. The van der Waals surface area contributed by atoms with E-state index in [2.05, 4.69) is 42.7 Å². The van der Waals surface area contributed by atoms with Crippen molar-refractivity contribution in [3.8, 4) is 0 Å². The van der Waals surface area contributed by atoms with Crippen LogP contribution < -0.4 is 5.73 Å². The molecule has 0 heterocycles. The molecule has 0 aliphatic carbocycles. The number of hydrogen-bond acceptors (Lipinski definition) is 9. The molecule has 4 N–H and O–H groups in total. The molecule has 1 unspecified atom stereocenters. The number of unbranched alkanes of at least 4 members (excludes halogenated alkanes) is 30. The monoisotopic (exact) mass is 900 g/mol. The summed E-state index contributed by atoms with van der Waals surface area (Å²) in [6, 6.07) is -1.52. The second-order valence-corrected chi connectivity index (χ2v) is 18.8. The second-order valence-electron chi connectivity index (χ2n) is 17.3. The van der Waals surface area contributed by atoms with Crippen molar-refractivity contribution in [1.29, 1.82) is 0 Å². The highest BCUT2D eigenvalue weighted by Gasteiger charge is 2.28. The van der Waals surface area contributed by atoms with Crippen LogP contribution in [0.25, 0.3) is 0 Å². The Kier molecular flexibility index (Phi) is 44.0. The average Bonchev–Trinajstić information content (AvgIpc) is 3.25. The molecular formula is C50H94NO10P. The van der Waals surface area contributed by atoms with Crippen molar-refractivity contribution in [2.45, 2.75) is 257 Å². The minimum Gasteiger partial charge on any atom is -0.480 e. The number of carbonyl (C=O) groups is 3. The summed E-state index contributed by atoms with van der Waals surface area (Å²) in [5, 5.41) is 8.92. The van der Waals surface area contributed by atoms with Gasteiger partial charge in [-0.3, -0.25) is 23.4 Å². The lowest BCUT2D eigenvalue weighted by molar-refractivity contribution is -0.161. The molecule has 0 aromatic rings. The van der Waals surface area contributed by atoms with E-state index in [4.69, 9.17) is 24.8 Å².